The van der Waals surface area contributed by atoms with Crippen LogP contribution >= 0.6 is 11.3 Å². The molecule has 2 amide bonds. The number of carbonyl (C=O) groups is 1. The molecule has 1 heterocycles. The highest BCUT2D eigenvalue weighted by atomic mass is 32.1. The molecular formula is C18H22F3N3O2S. The zero-order chi connectivity index (χ0) is 20.0. The van der Waals surface area contributed by atoms with Crippen molar-refractivity contribution < 1.29 is 22.7 Å². The Morgan fingerprint density at radius 1 is 1.26 bits per heavy atom. The predicted molar refractivity (Wildman–Crippen MR) is 98.1 cm³/mol. The first kappa shape index (κ1) is 21.2. The van der Waals surface area contributed by atoms with E-state index in [1.807, 2.05) is 13.8 Å². The Balaban J connectivity index is 2.36. The Labute approximate surface area is 159 Å². The first-order valence-corrected chi connectivity index (χ1v) is 9.27. The summed E-state index contributed by atoms with van der Waals surface area (Å²) >= 11 is 1.30. The number of aromatic nitrogens is 1. The number of thiazole rings is 1. The van der Waals surface area contributed by atoms with Crippen LogP contribution in [-0.4, -0.2) is 42.3 Å². The van der Waals surface area contributed by atoms with Gasteiger partial charge in [0.05, 0.1) is 12.2 Å². The van der Waals surface area contributed by atoms with Gasteiger partial charge in [0.25, 0.3) is 0 Å². The van der Waals surface area contributed by atoms with E-state index in [1.165, 1.54) is 23.5 Å². The summed E-state index contributed by atoms with van der Waals surface area (Å²) in [6.07, 6.45) is -1.86. The third-order valence-corrected chi connectivity index (χ3v) is 4.66. The van der Waals surface area contributed by atoms with E-state index in [1.54, 1.807) is 22.8 Å². The highest BCUT2D eigenvalue weighted by Gasteiger charge is 2.30. The quantitative estimate of drug-likeness (QED) is 0.727. The number of rotatable bonds is 6. The lowest BCUT2D eigenvalue weighted by Gasteiger charge is -2.18. The van der Waals surface area contributed by atoms with Crippen molar-refractivity contribution in [2.24, 2.45) is 4.99 Å². The molecule has 0 atom stereocenters. The number of hydrogen-bond donors (Lipinski definition) is 0. The molecule has 5 nitrogen and oxygen atoms in total. The average molecular weight is 401 g/mol. The highest BCUT2D eigenvalue weighted by Crippen LogP contribution is 2.29. The number of benzene rings is 1. The number of hydrogen-bond acceptors (Lipinski definition) is 3. The van der Waals surface area contributed by atoms with Crippen LogP contribution in [0.5, 0.6) is 0 Å². The molecule has 9 heteroatoms. The van der Waals surface area contributed by atoms with E-state index in [2.05, 4.69) is 4.99 Å². The molecule has 2 aromatic rings. The standard InChI is InChI=1S/C18H22F3N3O2S/c1-4-9-23(10-11-26-3)16(25)22-17-24(12-13(2)27-17)15-7-5-14(6-8-15)18(19,20)21/h5-8,12H,4,9-11H2,1-3H3/b22-17-. The van der Waals surface area contributed by atoms with E-state index >= 15 is 0 Å². The Morgan fingerprint density at radius 2 is 1.93 bits per heavy atom. The monoisotopic (exact) mass is 401 g/mol. The molecular weight excluding hydrogens is 379 g/mol. The molecule has 1 aromatic heterocycles. The second-order valence-corrected chi connectivity index (χ2v) is 7.13. The first-order chi connectivity index (χ1) is 12.8. The van der Waals surface area contributed by atoms with E-state index in [0.29, 0.717) is 30.2 Å². The van der Waals surface area contributed by atoms with Gasteiger partial charge < -0.3 is 9.64 Å². The first-order valence-electron chi connectivity index (χ1n) is 8.45. The molecule has 1 aromatic carbocycles. The van der Waals surface area contributed by atoms with Crippen molar-refractivity contribution in [3.8, 4) is 5.69 Å². The van der Waals surface area contributed by atoms with Gasteiger partial charge in [-0.2, -0.15) is 18.2 Å². The number of halogens is 3. The number of amides is 2. The van der Waals surface area contributed by atoms with Crippen LogP contribution in [0, 0.1) is 6.92 Å². The maximum atomic E-state index is 12.8. The molecule has 0 aliphatic rings. The average Bonchev–Trinajstić information content (AvgIpc) is 2.98. The maximum Gasteiger partial charge on any atom is 0.416 e. The van der Waals surface area contributed by atoms with Crippen LogP contribution in [0.15, 0.2) is 35.5 Å². The van der Waals surface area contributed by atoms with Crippen LogP contribution in [-0.2, 0) is 10.9 Å². The van der Waals surface area contributed by atoms with E-state index in [0.717, 1.165) is 23.4 Å². The summed E-state index contributed by atoms with van der Waals surface area (Å²) in [5.74, 6) is 0. The van der Waals surface area contributed by atoms with Crippen LogP contribution in [0.4, 0.5) is 18.0 Å². The van der Waals surface area contributed by atoms with Crippen molar-refractivity contribution in [2.45, 2.75) is 26.4 Å². The van der Waals surface area contributed by atoms with Gasteiger partial charge in [-0.15, -0.1) is 11.3 Å². The van der Waals surface area contributed by atoms with E-state index in [4.69, 9.17) is 4.74 Å². The van der Waals surface area contributed by atoms with Gasteiger partial charge in [0.2, 0.25) is 0 Å². The minimum absolute atomic E-state index is 0.392. The second kappa shape index (κ2) is 9.18. The van der Waals surface area contributed by atoms with Crippen LogP contribution in [0.3, 0.4) is 0 Å². The van der Waals surface area contributed by atoms with Crippen molar-refractivity contribution >= 4 is 17.4 Å². The number of urea groups is 1. The van der Waals surface area contributed by atoms with Crippen LogP contribution in [0.2, 0.25) is 0 Å². The lowest BCUT2D eigenvalue weighted by atomic mass is 10.2. The largest absolute Gasteiger partial charge is 0.416 e. The molecule has 0 aliphatic carbocycles. The van der Waals surface area contributed by atoms with Gasteiger partial charge in [0.15, 0.2) is 4.80 Å². The summed E-state index contributed by atoms with van der Waals surface area (Å²) < 4.78 is 44.9. The van der Waals surface area contributed by atoms with Gasteiger partial charge in [-0.25, -0.2) is 4.79 Å². The van der Waals surface area contributed by atoms with Gasteiger partial charge in [0.1, 0.15) is 0 Å². The van der Waals surface area contributed by atoms with Crippen LogP contribution < -0.4 is 4.80 Å². The minimum Gasteiger partial charge on any atom is -0.383 e. The molecule has 0 radical (unpaired) electrons. The molecule has 0 fully saturated rings. The lowest BCUT2D eigenvalue weighted by Crippen LogP contribution is -2.34. The van der Waals surface area contributed by atoms with Gasteiger partial charge in [-0.1, -0.05) is 6.92 Å². The van der Waals surface area contributed by atoms with Crippen LogP contribution in [0.1, 0.15) is 23.8 Å². The number of aryl methyl sites for hydroxylation is 1. The number of carbonyl (C=O) groups excluding carboxylic acids is 1. The summed E-state index contributed by atoms with van der Waals surface area (Å²) in [5, 5.41) is 0. The Bertz CT molecular complexity index is 826. The Hall–Kier alpha value is -2.13. The third-order valence-electron chi connectivity index (χ3n) is 3.76. The zero-order valence-corrected chi connectivity index (χ0v) is 16.2. The minimum atomic E-state index is -4.39. The summed E-state index contributed by atoms with van der Waals surface area (Å²) in [7, 11) is 1.56. The second-order valence-electron chi connectivity index (χ2n) is 5.91. The van der Waals surface area contributed by atoms with Gasteiger partial charge in [0, 0.05) is 37.0 Å². The third kappa shape index (κ3) is 5.67. The number of nitrogens with zero attached hydrogens (tertiary/aromatic N) is 3. The normalized spacial score (nSPS) is 12.4. The number of methoxy groups -OCH3 is 1. The molecule has 0 spiro atoms. The van der Waals surface area contributed by atoms with Gasteiger partial charge >= 0.3 is 12.2 Å². The summed E-state index contributed by atoms with van der Waals surface area (Å²) in [5.41, 5.74) is -0.208. The molecule has 0 saturated carbocycles. The van der Waals surface area contributed by atoms with Gasteiger partial charge in [-0.05, 0) is 37.6 Å². The Morgan fingerprint density at radius 3 is 2.48 bits per heavy atom. The predicted octanol–water partition coefficient (Wildman–Crippen LogP) is 4.25. The van der Waals surface area contributed by atoms with Gasteiger partial charge in [-0.3, -0.25) is 4.57 Å². The molecule has 0 N–H and O–H groups in total. The molecule has 27 heavy (non-hydrogen) atoms. The topological polar surface area (TPSA) is 46.8 Å². The van der Waals surface area contributed by atoms with Crippen molar-refractivity contribution in [2.75, 3.05) is 26.8 Å². The fourth-order valence-electron chi connectivity index (χ4n) is 2.46. The fraction of sp³-hybridized carbons (Fsp3) is 0.444. The van der Waals surface area contributed by atoms with Crippen molar-refractivity contribution in [3.05, 3.63) is 45.7 Å². The molecule has 0 bridgehead atoms. The summed E-state index contributed by atoms with van der Waals surface area (Å²) in [4.78, 5) is 19.6. The van der Waals surface area contributed by atoms with Crippen molar-refractivity contribution in [1.29, 1.82) is 0 Å². The highest BCUT2D eigenvalue weighted by molar-refractivity contribution is 7.09. The number of alkyl halides is 3. The molecule has 0 aliphatic heterocycles. The van der Waals surface area contributed by atoms with E-state index in [-0.39, 0.29) is 0 Å². The fourth-order valence-corrected chi connectivity index (χ4v) is 3.28. The molecule has 148 valence electrons. The maximum absolute atomic E-state index is 12.8. The smallest absolute Gasteiger partial charge is 0.383 e. The number of ether oxygens (including phenoxy) is 1. The Kier molecular flexibility index (Phi) is 7.20. The molecule has 2 rings (SSSR count). The van der Waals surface area contributed by atoms with Crippen LogP contribution in [0.25, 0.3) is 5.69 Å². The van der Waals surface area contributed by atoms with E-state index in [9.17, 15) is 18.0 Å². The van der Waals surface area contributed by atoms with Crippen molar-refractivity contribution in [3.63, 3.8) is 0 Å². The van der Waals surface area contributed by atoms with Crippen molar-refractivity contribution in [1.82, 2.24) is 9.47 Å². The summed E-state index contributed by atoms with van der Waals surface area (Å²) in [6, 6.07) is 4.38. The lowest BCUT2D eigenvalue weighted by molar-refractivity contribution is -0.137. The summed E-state index contributed by atoms with van der Waals surface area (Å²) in [6.45, 7) is 5.20. The van der Waals surface area contributed by atoms with E-state index < -0.39 is 17.8 Å². The SMILES string of the molecule is CCCN(CCOC)C(=O)/N=c1\sc(C)cn1-c1ccc(C(F)(F)F)cc1. The zero-order valence-electron chi connectivity index (χ0n) is 15.4. The molecule has 0 unspecified atom stereocenters. The molecule has 0 saturated heterocycles.